The number of aromatic nitrogens is 3. The van der Waals surface area contributed by atoms with Crippen LogP contribution in [-0.2, 0) is 9.59 Å². The van der Waals surface area contributed by atoms with E-state index in [1.54, 1.807) is 0 Å². The highest BCUT2D eigenvalue weighted by atomic mass is 16.6. The fourth-order valence-corrected chi connectivity index (χ4v) is 2.73. The lowest BCUT2D eigenvalue weighted by molar-refractivity contribution is -0.134. The molecule has 0 fully saturated rings. The normalized spacial score (nSPS) is 13.0. The number of aromatic amines is 1. The van der Waals surface area contributed by atoms with Gasteiger partial charge in [-0.2, -0.15) is 9.97 Å². The number of rotatable bonds is 4. The van der Waals surface area contributed by atoms with Gasteiger partial charge in [0, 0.05) is 19.4 Å². The van der Waals surface area contributed by atoms with E-state index in [0.29, 0.717) is 5.56 Å². The van der Waals surface area contributed by atoms with Gasteiger partial charge in [0.1, 0.15) is 5.82 Å². The number of nitrogen functional groups attached to an aromatic ring is 1. The van der Waals surface area contributed by atoms with Crippen LogP contribution < -0.4 is 26.4 Å². The number of carbonyl (C=O) groups is 2. The topological polar surface area (TPSA) is 149 Å². The van der Waals surface area contributed by atoms with Crippen molar-refractivity contribution in [2.45, 2.75) is 20.3 Å². The molecule has 0 spiro atoms. The molecule has 1 aromatic heterocycles. The van der Waals surface area contributed by atoms with E-state index < -0.39 is 17.6 Å². The monoisotopic (exact) mass is 409 g/mol. The molecule has 2 aromatic rings. The summed E-state index contributed by atoms with van der Waals surface area (Å²) in [5.74, 6) is 4.14. The molecular weight excluding hydrogens is 390 g/mol. The Morgan fingerprint density at radius 2 is 1.67 bits per heavy atom. The van der Waals surface area contributed by atoms with E-state index in [0.717, 1.165) is 0 Å². The Kier molecular flexibility index (Phi) is 6.18. The number of anilines is 1. The van der Waals surface area contributed by atoms with Gasteiger partial charge < -0.3 is 9.47 Å². The number of carbonyl (C=O) groups excluding carboxylic acids is 2. The van der Waals surface area contributed by atoms with Gasteiger partial charge in [-0.25, -0.2) is 10.6 Å². The Labute approximate surface area is 171 Å². The summed E-state index contributed by atoms with van der Waals surface area (Å²) in [4.78, 5) is 43.6. The van der Waals surface area contributed by atoms with Crippen LogP contribution in [0.2, 0.25) is 0 Å². The maximum Gasteiger partial charge on any atom is 0.349 e. The van der Waals surface area contributed by atoms with E-state index in [1.165, 1.54) is 49.6 Å². The zero-order valence-corrected chi connectivity index (χ0v) is 16.3. The van der Waals surface area contributed by atoms with E-state index in [4.69, 9.17) is 15.3 Å². The summed E-state index contributed by atoms with van der Waals surface area (Å²) in [5, 5.41) is 0. The lowest BCUT2D eigenvalue weighted by Crippen LogP contribution is -2.19. The van der Waals surface area contributed by atoms with Crippen molar-refractivity contribution in [2.24, 2.45) is 5.84 Å². The van der Waals surface area contributed by atoms with Crippen molar-refractivity contribution < 1.29 is 19.1 Å². The van der Waals surface area contributed by atoms with E-state index in [2.05, 4.69) is 44.7 Å². The van der Waals surface area contributed by atoms with Gasteiger partial charge in [-0.1, -0.05) is 24.3 Å². The molecule has 1 aromatic carbocycles. The van der Waals surface area contributed by atoms with Gasteiger partial charge in [0.05, 0.1) is 0 Å². The second kappa shape index (κ2) is 8.97. The van der Waals surface area contributed by atoms with Crippen LogP contribution in [0.3, 0.4) is 0 Å². The Morgan fingerprint density at radius 3 is 2.17 bits per heavy atom. The fraction of sp³-hybridized carbons (Fsp3) is 0.150. The molecule has 0 saturated heterocycles. The van der Waals surface area contributed by atoms with Crippen molar-refractivity contribution in [1.29, 1.82) is 0 Å². The standard InChI is InChI=1S/C13H13N5O5.C7H6/c1-6(19)22-9-4-3-8(5-10(9)23-7(2)20)11-15-12(18-14)17-13(21)16-11;1-2-7-4-3-6(1)5-7/h3-5H,14H2,1-2H3,(H2,15,16,17,18,21);1-4H,5H2. The number of H-pyrrole nitrogens is 1. The molecule has 0 saturated carbocycles. The molecule has 0 atom stereocenters. The average Bonchev–Trinajstić information content (AvgIpc) is 3.34. The summed E-state index contributed by atoms with van der Waals surface area (Å²) in [6.07, 6.45) is 9.90. The number of allylic oxidation sites excluding steroid dienone is 6. The first kappa shape index (κ1) is 20.7. The molecule has 10 nitrogen and oxygen atoms in total. The molecule has 2 aliphatic rings. The fourth-order valence-electron chi connectivity index (χ4n) is 2.73. The van der Waals surface area contributed by atoms with Crippen LogP contribution in [0.15, 0.2) is 58.4 Å². The lowest BCUT2D eigenvalue weighted by Gasteiger charge is -2.10. The predicted octanol–water partition coefficient (Wildman–Crippen LogP) is 1.78. The SMILES string of the molecule is C1=CC2=CC=C1C2.CC(=O)Oc1ccc(-c2nc(NN)nc(=O)[nH]2)cc1OC(C)=O. The third-order valence-corrected chi connectivity index (χ3v) is 3.94. The molecule has 4 N–H and O–H groups in total. The van der Waals surface area contributed by atoms with Gasteiger partial charge in [0.15, 0.2) is 11.5 Å². The number of nitrogens with zero attached hydrogens (tertiary/aromatic N) is 2. The summed E-state index contributed by atoms with van der Waals surface area (Å²) in [5.41, 5.74) is 4.83. The molecule has 0 amide bonds. The zero-order valence-electron chi connectivity index (χ0n) is 16.3. The summed E-state index contributed by atoms with van der Waals surface area (Å²) in [6.45, 7) is 2.42. The summed E-state index contributed by atoms with van der Waals surface area (Å²) in [6, 6.07) is 4.31. The third-order valence-electron chi connectivity index (χ3n) is 3.94. The molecule has 10 heteroatoms. The van der Waals surface area contributed by atoms with Crippen molar-refractivity contribution in [1.82, 2.24) is 15.0 Å². The van der Waals surface area contributed by atoms with Gasteiger partial charge in [-0.15, -0.1) is 0 Å². The zero-order chi connectivity index (χ0) is 21.7. The van der Waals surface area contributed by atoms with Crippen LogP contribution in [0.1, 0.15) is 20.3 Å². The Bertz CT molecular complexity index is 1130. The van der Waals surface area contributed by atoms with Gasteiger partial charge in [0.2, 0.25) is 5.95 Å². The Balaban J connectivity index is 0.000000302. The number of hydrogen-bond acceptors (Lipinski definition) is 9. The van der Waals surface area contributed by atoms with E-state index in [9.17, 15) is 14.4 Å². The van der Waals surface area contributed by atoms with Gasteiger partial charge >= 0.3 is 17.6 Å². The highest BCUT2D eigenvalue weighted by molar-refractivity contribution is 5.75. The molecule has 154 valence electrons. The molecule has 0 unspecified atom stereocenters. The molecule has 4 rings (SSSR count). The number of nitrogens with two attached hydrogens (primary N) is 1. The number of nitrogens with one attached hydrogen (secondary N) is 2. The summed E-state index contributed by atoms with van der Waals surface area (Å²) < 4.78 is 9.96. The average molecular weight is 409 g/mol. The molecular formula is C20H19N5O5. The van der Waals surface area contributed by atoms with Crippen LogP contribution in [0.25, 0.3) is 11.4 Å². The maximum absolute atomic E-state index is 11.5. The quantitative estimate of drug-likeness (QED) is 0.297. The molecule has 30 heavy (non-hydrogen) atoms. The number of benzene rings is 1. The van der Waals surface area contributed by atoms with Crippen LogP contribution in [-0.4, -0.2) is 26.9 Å². The Morgan fingerprint density at radius 1 is 1.03 bits per heavy atom. The molecule has 2 bridgehead atoms. The lowest BCUT2D eigenvalue weighted by atomic mass is 10.2. The first-order valence-electron chi connectivity index (χ1n) is 8.88. The highest BCUT2D eigenvalue weighted by Crippen LogP contribution is 2.32. The first-order valence-corrected chi connectivity index (χ1v) is 8.88. The molecule has 0 aliphatic heterocycles. The third kappa shape index (κ3) is 5.26. The minimum absolute atomic E-state index is 0.00641. The van der Waals surface area contributed by atoms with Gasteiger partial charge in [-0.05, 0) is 35.8 Å². The first-order chi connectivity index (χ1) is 14.3. The number of hydrogen-bond donors (Lipinski definition) is 3. The number of fused-ring (bicyclic) bond motifs is 2. The van der Waals surface area contributed by atoms with Crippen LogP contribution in [0, 0.1) is 0 Å². The minimum atomic E-state index is -0.666. The highest BCUT2D eigenvalue weighted by Gasteiger charge is 2.14. The van der Waals surface area contributed by atoms with Crippen molar-refractivity contribution >= 4 is 17.9 Å². The van der Waals surface area contributed by atoms with Crippen LogP contribution in [0.4, 0.5) is 5.95 Å². The maximum atomic E-state index is 11.5. The molecule has 1 heterocycles. The van der Waals surface area contributed by atoms with Gasteiger partial charge in [0.25, 0.3) is 0 Å². The number of ether oxygens (including phenoxy) is 2. The van der Waals surface area contributed by atoms with Gasteiger partial charge in [-0.3, -0.25) is 20.0 Å². The van der Waals surface area contributed by atoms with Crippen molar-refractivity contribution in [3.8, 4) is 22.9 Å². The second-order valence-electron chi connectivity index (χ2n) is 6.31. The summed E-state index contributed by atoms with van der Waals surface area (Å²) >= 11 is 0. The van der Waals surface area contributed by atoms with Crippen molar-refractivity contribution in [2.75, 3.05) is 5.43 Å². The van der Waals surface area contributed by atoms with Crippen molar-refractivity contribution in [3.63, 3.8) is 0 Å². The van der Waals surface area contributed by atoms with E-state index in [1.807, 2.05) is 0 Å². The molecule has 0 radical (unpaired) electrons. The minimum Gasteiger partial charge on any atom is -0.423 e. The number of esters is 2. The van der Waals surface area contributed by atoms with Crippen LogP contribution in [0.5, 0.6) is 11.5 Å². The molecule has 2 aliphatic carbocycles. The largest absolute Gasteiger partial charge is 0.423 e. The smallest absolute Gasteiger partial charge is 0.349 e. The summed E-state index contributed by atoms with van der Waals surface area (Å²) in [7, 11) is 0. The van der Waals surface area contributed by atoms with E-state index >= 15 is 0 Å². The van der Waals surface area contributed by atoms with Crippen LogP contribution >= 0.6 is 0 Å². The second-order valence-corrected chi connectivity index (χ2v) is 6.31. The predicted molar refractivity (Wildman–Crippen MR) is 108 cm³/mol. The number of hydrazine groups is 1. The van der Waals surface area contributed by atoms with Crippen molar-refractivity contribution in [3.05, 3.63) is 64.1 Å². The van der Waals surface area contributed by atoms with E-state index in [-0.39, 0.29) is 23.3 Å². The Hall–Kier alpha value is -4.05.